The zero-order valence-corrected chi connectivity index (χ0v) is 20.5. The molecule has 0 aromatic rings. The van der Waals surface area contributed by atoms with Gasteiger partial charge in [-0.25, -0.2) is 0 Å². The third-order valence-corrected chi connectivity index (χ3v) is 4.04. The second-order valence-corrected chi connectivity index (χ2v) is 7.72. The molecule has 192 valence electrons. The molecule has 31 heavy (non-hydrogen) atoms. The zero-order chi connectivity index (χ0) is 24.9. The maximum atomic E-state index is 9.70. The third kappa shape index (κ3) is 22.0. The molecule has 0 radical (unpaired) electrons. The minimum Gasteiger partial charge on any atom is -0.396 e. The Kier molecular flexibility index (Phi) is 27.3. The Bertz CT molecular complexity index is 342. The maximum absolute atomic E-state index is 9.70. The highest BCUT2D eigenvalue weighted by atomic mass is 31.2. The van der Waals surface area contributed by atoms with Crippen molar-refractivity contribution in [3.63, 3.8) is 0 Å². The van der Waals surface area contributed by atoms with E-state index < -0.39 is 54.8 Å². The molecule has 0 aliphatic rings. The summed E-state index contributed by atoms with van der Waals surface area (Å²) in [6.07, 6.45) is 2.34. The van der Waals surface area contributed by atoms with E-state index in [1.165, 1.54) is 0 Å². The van der Waals surface area contributed by atoms with Crippen molar-refractivity contribution in [2.45, 2.75) is 71.9 Å². The lowest BCUT2D eigenvalue weighted by molar-refractivity contribution is -0.237. The fourth-order valence-corrected chi connectivity index (χ4v) is 2.31. The van der Waals surface area contributed by atoms with Crippen LogP contribution in [0.1, 0.15) is 53.4 Å². The largest absolute Gasteiger partial charge is 0.396 e. The maximum Gasteiger partial charge on any atom is 0.324 e. The summed E-state index contributed by atoms with van der Waals surface area (Å²) in [7, 11) is -5.24. The molecular weight excluding hydrogens is 458 g/mol. The van der Waals surface area contributed by atoms with Crippen LogP contribution in [0.3, 0.4) is 0 Å². The number of ether oxygens (including phenoxy) is 3. The molecule has 12 nitrogen and oxygen atoms in total. The fourth-order valence-electron chi connectivity index (χ4n) is 2.31. The van der Waals surface area contributed by atoms with Crippen molar-refractivity contribution in [2.75, 3.05) is 33.0 Å². The van der Waals surface area contributed by atoms with Crippen LogP contribution >= 0.6 is 17.2 Å². The summed E-state index contributed by atoms with van der Waals surface area (Å²) < 4.78 is 17.3. The van der Waals surface area contributed by atoms with Gasteiger partial charge in [0.1, 0.15) is 0 Å². The molecule has 0 aromatic carbocycles. The first-order chi connectivity index (χ1) is 14.5. The summed E-state index contributed by atoms with van der Waals surface area (Å²) in [6.45, 7) is 7.73. The van der Waals surface area contributed by atoms with Gasteiger partial charge < -0.3 is 58.9 Å². The molecule has 0 saturated carbocycles. The van der Waals surface area contributed by atoms with Gasteiger partial charge >= 0.3 is 17.2 Å². The zero-order valence-electron chi connectivity index (χ0n) is 18.7. The first kappa shape index (κ1) is 36.0. The average Bonchev–Trinajstić information content (AvgIpc) is 2.68. The average molecular weight is 500 g/mol. The predicted molar refractivity (Wildman–Crippen MR) is 116 cm³/mol. The van der Waals surface area contributed by atoms with Gasteiger partial charge in [0.15, 0.2) is 6.29 Å². The van der Waals surface area contributed by atoms with Gasteiger partial charge in [-0.1, -0.05) is 26.7 Å². The highest BCUT2D eigenvalue weighted by Gasteiger charge is 2.43. The molecule has 0 aromatic heterocycles. The monoisotopic (exact) mass is 500 g/mol. The van der Waals surface area contributed by atoms with Crippen LogP contribution in [0.25, 0.3) is 0 Å². The number of aliphatic hydroxyl groups is 3. The normalized spacial score (nSPS) is 14.4. The highest BCUT2D eigenvalue weighted by molar-refractivity contribution is 7.38. The summed E-state index contributed by atoms with van der Waals surface area (Å²) in [5.41, 5.74) is -1.17. The Morgan fingerprint density at radius 2 is 1.06 bits per heavy atom. The molecule has 0 heterocycles. The van der Waals surface area contributed by atoms with E-state index in [1.54, 1.807) is 6.92 Å². The van der Waals surface area contributed by atoms with E-state index in [0.717, 1.165) is 25.7 Å². The van der Waals surface area contributed by atoms with Crippen LogP contribution in [0.5, 0.6) is 0 Å². The molecule has 9 N–H and O–H groups in total. The van der Waals surface area contributed by atoms with E-state index in [-0.39, 0.29) is 6.10 Å². The van der Waals surface area contributed by atoms with Crippen molar-refractivity contribution in [3.05, 3.63) is 0 Å². The highest BCUT2D eigenvalue weighted by Crippen LogP contribution is 2.29. The number of unbranched alkanes of at least 4 members (excludes halogenated alkanes) is 2. The van der Waals surface area contributed by atoms with Crippen LogP contribution in [0.2, 0.25) is 0 Å². The van der Waals surface area contributed by atoms with Crippen molar-refractivity contribution in [1.29, 1.82) is 0 Å². The van der Waals surface area contributed by atoms with Gasteiger partial charge in [0.2, 0.25) is 0 Å². The SMILES string of the molecule is CCCCOC(C)OC(C(C)OCCCC)C(CO)(CO)CO.OP(O)O.OP(O)O. The van der Waals surface area contributed by atoms with Gasteiger partial charge in [-0.2, -0.15) is 0 Å². The Morgan fingerprint density at radius 3 is 1.39 bits per heavy atom. The number of hydrogen-bond donors (Lipinski definition) is 9. The van der Waals surface area contributed by atoms with E-state index in [9.17, 15) is 15.3 Å². The van der Waals surface area contributed by atoms with Crippen molar-refractivity contribution >= 4 is 17.2 Å². The van der Waals surface area contributed by atoms with Crippen molar-refractivity contribution in [3.8, 4) is 0 Å². The van der Waals surface area contributed by atoms with E-state index >= 15 is 0 Å². The topological polar surface area (TPSA) is 210 Å². The molecule has 0 bridgehead atoms. The smallest absolute Gasteiger partial charge is 0.324 e. The quantitative estimate of drug-likeness (QED) is 0.0832. The Balaban J connectivity index is -0.000000832. The number of aliphatic hydroxyl groups excluding tert-OH is 3. The second-order valence-electron chi connectivity index (χ2n) is 6.65. The molecule has 0 amide bonds. The van der Waals surface area contributed by atoms with E-state index in [4.69, 9.17) is 43.6 Å². The lowest BCUT2D eigenvalue weighted by atomic mass is 9.81. The van der Waals surface area contributed by atoms with Gasteiger partial charge in [-0.3, -0.25) is 0 Å². The molecule has 0 spiro atoms. The molecule has 3 atom stereocenters. The van der Waals surface area contributed by atoms with Crippen molar-refractivity contribution < 1.29 is 58.9 Å². The predicted octanol–water partition coefficient (Wildman–Crippen LogP) is 0.0832. The molecule has 3 unspecified atom stereocenters. The van der Waals surface area contributed by atoms with Crippen LogP contribution in [0, 0.1) is 5.41 Å². The molecule has 14 heteroatoms. The lowest BCUT2D eigenvalue weighted by Crippen LogP contribution is -2.53. The van der Waals surface area contributed by atoms with Gasteiger partial charge in [0.05, 0.1) is 37.4 Å². The van der Waals surface area contributed by atoms with Gasteiger partial charge in [0.25, 0.3) is 0 Å². The summed E-state index contributed by atoms with van der Waals surface area (Å²) in [4.78, 5) is 43.4. The van der Waals surface area contributed by atoms with Crippen molar-refractivity contribution in [2.24, 2.45) is 5.41 Å². The first-order valence-corrected chi connectivity index (χ1v) is 12.3. The lowest BCUT2D eigenvalue weighted by Gasteiger charge is -2.40. The van der Waals surface area contributed by atoms with Crippen LogP contribution in [0.15, 0.2) is 0 Å². The van der Waals surface area contributed by atoms with E-state index in [1.807, 2.05) is 6.92 Å². The van der Waals surface area contributed by atoms with Crippen LogP contribution in [0.4, 0.5) is 0 Å². The Hall–Kier alpha value is 0.380. The van der Waals surface area contributed by atoms with E-state index in [0.29, 0.717) is 13.2 Å². The minimum atomic E-state index is -2.62. The minimum absolute atomic E-state index is 0.384. The fraction of sp³-hybridized carbons (Fsp3) is 1.00. The summed E-state index contributed by atoms with van der Waals surface area (Å²) >= 11 is 0. The summed E-state index contributed by atoms with van der Waals surface area (Å²) in [6, 6.07) is 0. The summed E-state index contributed by atoms with van der Waals surface area (Å²) in [5, 5.41) is 29.1. The van der Waals surface area contributed by atoms with Crippen molar-refractivity contribution in [1.82, 2.24) is 0 Å². The Labute approximate surface area is 187 Å². The third-order valence-electron chi connectivity index (χ3n) is 4.04. The second kappa shape index (κ2) is 23.5. The van der Waals surface area contributed by atoms with Crippen LogP contribution in [-0.4, -0.2) is 96.2 Å². The van der Waals surface area contributed by atoms with Gasteiger partial charge in [-0.15, -0.1) is 0 Å². The van der Waals surface area contributed by atoms with E-state index in [2.05, 4.69) is 13.8 Å². The Morgan fingerprint density at radius 1 is 0.710 bits per heavy atom. The van der Waals surface area contributed by atoms with Gasteiger partial charge in [-0.05, 0) is 26.7 Å². The molecular formula is C17H42O12P2. The molecule has 0 rings (SSSR count). The molecule has 0 aliphatic heterocycles. The molecule has 0 saturated heterocycles. The van der Waals surface area contributed by atoms with Crippen LogP contribution < -0.4 is 0 Å². The standard InChI is InChI=1S/C17H36O6.2H3O3P/c1-5-7-9-21-14(3)16(17(11-18,12-19)13-20)23-15(4)22-10-8-6-2;2*1-4(2)3/h14-16,18-20H,5-13H2,1-4H3;2*1-3H. The molecule has 0 fully saturated rings. The molecule has 0 aliphatic carbocycles. The number of rotatable bonds is 15. The first-order valence-electron chi connectivity index (χ1n) is 9.92. The van der Waals surface area contributed by atoms with Gasteiger partial charge in [0, 0.05) is 13.2 Å². The van der Waals surface area contributed by atoms with Crippen LogP contribution in [-0.2, 0) is 14.2 Å². The number of hydrogen-bond acceptors (Lipinski definition) is 12. The summed E-state index contributed by atoms with van der Waals surface area (Å²) in [5.74, 6) is 0.